The SMILES string of the molecule is CON(C)C(=O)c1ccccc1C[P+](c1ccccc1)(c1ccccc1)c1ccccc1. The van der Waals surface area contributed by atoms with Crippen LogP contribution >= 0.6 is 7.26 Å². The highest BCUT2D eigenvalue weighted by Crippen LogP contribution is 2.58. The zero-order valence-corrected chi connectivity index (χ0v) is 19.3. The van der Waals surface area contributed by atoms with Gasteiger partial charge in [0, 0.05) is 18.2 Å². The summed E-state index contributed by atoms with van der Waals surface area (Å²) in [7, 11) is 1.06. The molecule has 0 heterocycles. The third-order valence-corrected chi connectivity index (χ3v) is 10.2. The van der Waals surface area contributed by atoms with Crippen molar-refractivity contribution in [1.82, 2.24) is 5.06 Å². The number of hydroxylamine groups is 2. The van der Waals surface area contributed by atoms with Crippen molar-refractivity contribution in [3.63, 3.8) is 0 Å². The van der Waals surface area contributed by atoms with Crippen molar-refractivity contribution in [3.05, 3.63) is 126 Å². The first-order chi connectivity index (χ1) is 15.7. The van der Waals surface area contributed by atoms with Gasteiger partial charge in [0.25, 0.3) is 5.91 Å². The van der Waals surface area contributed by atoms with E-state index in [1.165, 1.54) is 28.1 Å². The highest BCUT2D eigenvalue weighted by molar-refractivity contribution is 7.95. The van der Waals surface area contributed by atoms with Crippen LogP contribution in [0.2, 0.25) is 0 Å². The smallest absolute Gasteiger partial charge is 0.274 e. The van der Waals surface area contributed by atoms with Crippen LogP contribution in [0, 0.1) is 0 Å². The van der Waals surface area contributed by atoms with Crippen LogP contribution in [0.15, 0.2) is 115 Å². The molecular weight excluding hydrogens is 413 g/mol. The van der Waals surface area contributed by atoms with Gasteiger partial charge in [0.1, 0.15) is 23.2 Å². The lowest BCUT2D eigenvalue weighted by molar-refractivity contribution is -0.0757. The molecule has 0 N–H and O–H groups in total. The fourth-order valence-corrected chi connectivity index (χ4v) is 8.42. The molecule has 0 bridgehead atoms. The van der Waals surface area contributed by atoms with Gasteiger partial charge in [-0.3, -0.25) is 9.63 Å². The van der Waals surface area contributed by atoms with Crippen LogP contribution in [0.4, 0.5) is 0 Å². The average molecular weight is 441 g/mol. The Morgan fingerprint density at radius 1 is 0.688 bits per heavy atom. The molecule has 0 radical (unpaired) electrons. The predicted molar refractivity (Wildman–Crippen MR) is 134 cm³/mol. The molecule has 0 saturated heterocycles. The first kappa shape index (κ1) is 22.0. The third kappa shape index (κ3) is 4.23. The lowest BCUT2D eigenvalue weighted by Gasteiger charge is -2.28. The van der Waals surface area contributed by atoms with E-state index in [4.69, 9.17) is 4.84 Å². The molecule has 0 atom stereocenters. The molecule has 0 aliphatic rings. The van der Waals surface area contributed by atoms with E-state index in [1.807, 2.05) is 18.2 Å². The van der Waals surface area contributed by atoms with Gasteiger partial charge in [0.2, 0.25) is 0 Å². The molecule has 4 rings (SSSR count). The summed E-state index contributed by atoms with van der Waals surface area (Å²) in [6.45, 7) is 0. The number of carbonyl (C=O) groups excluding carboxylic acids is 1. The minimum Gasteiger partial charge on any atom is -0.274 e. The minimum absolute atomic E-state index is 0.143. The third-order valence-electron chi connectivity index (χ3n) is 5.81. The van der Waals surface area contributed by atoms with Gasteiger partial charge in [-0.25, -0.2) is 5.06 Å². The van der Waals surface area contributed by atoms with Gasteiger partial charge in [-0.15, -0.1) is 0 Å². The minimum atomic E-state index is -2.09. The van der Waals surface area contributed by atoms with E-state index >= 15 is 0 Å². The van der Waals surface area contributed by atoms with Gasteiger partial charge in [-0.05, 0) is 42.5 Å². The number of rotatable bonds is 7. The second-order valence-corrected chi connectivity index (χ2v) is 11.1. The molecule has 160 valence electrons. The quantitative estimate of drug-likeness (QED) is 0.305. The summed E-state index contributed by atoms with van der Waals surface area (Å²) in [6.07, 6.45) is 0.741. The second-order valence-electron chi connectivity index (χ2n) is 7.62. The molecule has 4 aromatic rings. The standard InChI is InChI=1S/C28H27NO2P/c1-29(31-2)28(30)27-21-13-12-14-23(27)22-32(24-15-6-3-7-16-24,25-17-8-4-9-18-25)26-19-10-5-11-20-26/h3-21H,22H2,1-2H3/q+1. The molecule has 0 aliphatic carbocycles. The van der Waals surface area contributed by atoms with E-state index in [-0.39, 0.29) is 5.91 Å². The Labute approximate surface area is 190 Å². The van der Waals surface area contributed by atoms with Gasteiger partial charge < -0.3 is 0 Å². The summed E-state index contributed by atoms with van der Waals surface area (Å²) in [5.74, 6) is -0.143. The van der Waals surface area contributed by atoms with Crippen molar-refractivity contribution in [2.75, 3.05) is 14.2 Å². The summed E-state index contributed by atoms with van der Waals surface area (Å²) in [5, 5.41) is 5.16. The molecule has 0 unspecified atom stereocenters. The first-order valence-electron chi connectivity index (χ1n) is 10.6. The van der Waals surface area contributed by atoms with E-state index in [2.05, 4.69) is 97.1 Å². The summed E-state index contributed by atoms with van der Waals surface area (Å²) in [4.78, 5) is 18.3. The van der Waals surface area contributed by atoms with Crippen molar-refractivity contribution in [1.29, 1.82) is 0 Å². The topological polar surface area (TPSA) is 29.5 Å². The normalized spacial score (nSPS) is 11.2. The number of hydrogen-bond acceptors (Lipinski definition) is 2. The highest BCUT2D eigenvalue weighted by atomic mass is 31.2. The Morgan fingerprint density at radius 2 is 1.09 bits per heavy atom. The van der Waals surface area contributed by atoms with Crippen molar-refractivity contribution < 1.29 is 9.63 Å². The molecule has 0 aromatic heterocycles. The van der Waals surface area contributed by atoms with E-state index in [1.54, 1.807) is 7.05 Å². The Balaban J connectivity index is 1.98. The van der Waals surface area contributed by atoms with Crippen LogP contribution in [0.3, 0.4) is 0 Å². The molecule has 3 nitrogen and oxygen atoms in total. The number of nitrogens with zero attached hydrogens (tertiary/aromatic N) is 1. The van der Waals surface area contributed by atoms with Crippen LogP contribution in [0.5, 0.6) is 0 Å². The Morgan fingerprint density at radius 3 is 1.53 bits per heavy atom. The Bertz CT molecular complexity index is 1070. The zero-order valence-electron chi connectivity index (χ0n) is 18.4. The molecular formula is C28H27NO2P+. The number of benzene rings is 4. The fraction of sp³-hybridized carbons (Fsp3) is 0.107. The monoisotopic (exact) mass is 440 g/mol. The van der Waals surface area contributed by atoms with Gasteiger partial charge in [0.05, 0.1) is 13.3 Å². The molecule has 32 heavy (non-hydrogen) atoms. The summed E-state index contributed by atoms with van der Waals surface area (Å²) in [6, 6.07) is 40.0. The molecule has 0 spiro atoms. The van der Waals surface area contributed by atoms with Crippen LogP contribution in [-0.4, -0.2) is 25.1 Å². The summed E-state index contributed by atoms with van der Waals surface area (Å²) in [5.41, 5.74) is 1.69. The summed E-state index contributed by atoms with van der Waals surface area (Å²) < 4.78 is 0. The number of carbonyl (C=O) groups is 1. The van der Waals surface area contributed by atoms with E-state index in [9.17, 15) is 4.79 Å². The maximum absolute atomic E-state index is 13.1. The molecule has 4 aromatic carbocycles. The maximum atomic E-state index is 13.1. The van der Waals surface area contributed by atoms with Gasteiger partial charge in [-0.1, -0.05) is 72.8 Å². The van der Waals surface area contributed by atoms with E-state index < -0.39 is 7.26 Å². The van der Waals surface area contributed by atoms with E-state index in [0.29, 0.717) is 5.56 Å². The summed E-state index contributed by atoms with van der Waals surface area (Å²) >= 11 is 0. The lowest BCUT2D eigenvalue weighted by atomic mass is 10.1. The Kier molecular flexibility index (Phi) is 6.80. The second kappa shape index (κ2) is 9.91. The van der Waals surface area contributed by atoms with Gasteiger partial charge >= 0.3 is 0 Å². The van der Waals surface area contributed by atoms with Crippen LogP contribution < -0.4 is 15.9 Å². The van der Waals surface area contributed by atoms with Crippen LogP contribution in [0.1, 0.15) is 15.9 Å². The van der Waals surface area contributed by atoms with Crippen LogP contribution in [-0.2, 0) is 11.0 Å². The molecule has 0 aliphatic heterocycles. The van der Waals surface area contributed by atoms with Crippen molar-refractivity contribution in [2.24, 2.45) is 0 Å². The first-order valence-corrected chi connectivity index (χ1v) is 12.6. The van der Waals surface area contributed by atoms with E-state index in [0.717, 1.165) is 11.7 Å². The maximum Gasteiger partial charge on any atom is 0.277 e. The number of hydrogen-bond donors (Lipinski definition) is 0. The van der Waals surface area contributed by atoms with Gasteiger partial charge in [0.15, 0.2) is 0 Å². The predicted octanol–water partition coefficient (Wildman–Crippen LogP) is 4.81. The highest BCUT2D eigenvalue weighted by Gasteiger charge is 2.46. The molecule has 0 fully saturated rings. The average Bonchev–Trinajstić information content (AvgIpc) is 2.88. The van der Waals surface area contributed by atoms with Gasteiger partial charge in [-0.2, -0.15) is 0 Å². The Hall–Kier alpha value is -3.26. The fourth-order valence-electron chi connectivity index (χ4n) is 4.14. The zero-order chi connectivity index (χ0) is 22.4. The molecule has 1 amide bonds. The largest absolute Gasteiger partial charge is 0.277 e. The molecule has 0 saturated carbocycles. The van der Waals surface area contributed by atoms with Crippen molar-refractivity contribution in [3.8, 4) is 0 Å². The lowest BCUT2D eigenvalue weighted by Crippen LogP contribution is -2.33. The van der Waals surface area contributed by atoms with Crippen molar-refractivity contribution >= 4 is 29.1 Å². The number of amides is 1. The van der Waals surface area contributed by atoms with Crippen molar-refractivity contribution in [2.45, 2.75) is 6.16 Å². The van der Waals surface area contributed by atoms with Crippen LogP contribution in [0.25, 0.3) is 0 Å². The molecule has 4 heteroatoms.